The topological polar surface area (TPSA) is 59.8 Å². The van der Waals surface area contributed by atoms with Crippen LogP contribution in [0.3, 0.4) is 0 Å². The molecule has 0 aromatic carbocycles. The summed E-state index contributed by atoms with van der Waals surface area (Å²) in [6.45, 7) is 2.11. The lowest BCUT2D eigenvalue weighted by Crippen LogP contribution is -2.41. The molecule has 1 aromatic heterocycles. The highest BCUT2D eigenvalue weighted by Gasteiger charge is 2.37. The van der Waals surface area contributed by atoms with Crippen molar-refractivity contribution in [1.82, 2.24) is 20.1 Å². The molecule has 124 valence electrons. The van der Waals surface area contributed by atoms with E-state index in [0.717, 1.165) is 35.6 Å². The summed E-state index contributed by atoms with van der Waals surface area (Å²) in [4.78, 5) is 11.9. The molecular weight excluding hydrogens is 317 g/mol. The van der Waals surface area contributed by atoms with Gasteiger partial charge >= 0.3 is 6.18 Å². The number of nitrogens with zero attached hydrogens (tertiary/aromatic N) is 3. The van der Waals surface area contributed by atoms with Gasteiger partial charge in [0.2, 0.25) is 11.7 Å². The number of amides is 1. The van der Waals surface area contributed by atoms with Crippen molar-refractivity contribution in [2.24, 2.45) is 13.0 Å². The molecular formula is C13H19F3N4OS. The molecule has 0 aliphatic heterocycles. The Morgan fingerprint density at radius 3 is 2.64 bits per heavy atom. The Bertz CT molecular complexity index is 532. The second-order valence-corrected chi connectivity index (χ2v) is 6.53. The fraction of sp³-hybridized carbons (Fsp3) is 0.769. The van der Waals surface area contributed by atoms with E-state index in [2.05, 4.69) is 22.4 Å². The smallest absolute Gasteiger partial charge is 0.352 e. The van der Waals surface area contributed by atoms with Crippen LogP contribution in [0.2, 0.25) is 0 Å². The Balaban J connectivity index is 1.87. The fourth-order valence-corrected chi connectivity index (χ4v) is 3.32. The van der Waals surface area contributed by atoms with Gasteiger partial charge in [0.15, 0.2) is 5.16 Å². The monoisotopic (exact) mass is 336 g/mol. The van der Waals surface area contributed by atoms with Crippen molar-refractivity contribution in [3.63, 3.8) is 0 Å². The summed E-state index contributed by atoms with van der Waals surface area (Å²) in [5, 5.41) is 9.66. The van der Waals surface area contributed by atoms with Crippen molar-refractivity contribution >= 4 is 17.7 Å². The zero-order valence-electron chi connectivity index (χ0n) is 12.5. The molecule has 1 fully saturated rings. The van der Waals surface area contributed by atoms with Gasteiger partial charge < -0.3 is 9.88 Å². The molecule has 1 aliphatic rings. The normalized spacial score (nSPS) is 22.6. The Morgan fingerprint density at radius 2 is 2.05 bits per heavy atom. The van der Waals surface area contributed by atoms with Gasteiger partial charge in [-0.3, -0.25) is 4.79 Å². The molecule has 1 N–H and O–H groups in total. The number of rotatable bonds is 4. The quantitative estimate of drug-likeness (QED) is 0.859. The Labute approximate surface area is 131 Å². The van der Waals surface area contributed by atoms with Gasteiger partial charge in [0.1, 0.15) is 0 Å². The molecule has 9 heteroatoms. The third-order valence-corrected chi connectivity index (χ3v) is 4.90. The third-order valence-electron chi connectivity index (χ3n) is 3.88. The first-order valence-corrected chi connectivity index (χ1v) is 8.16. The first-order valence-electron chi connectivity index (χ1n) is 7.17. The summed E-state index contributed by atoms with van der Waals surface area (Å²) < 4.78 is 38.7. The summed E-state index contributed by atoms with van der Waals surface area (Å²) in [7, 11) is 1.24. The van der Waals surface area contributed by atoms with Crippen molar-refractivity contribution in [2.75, 3.05) is 5.75 Å². The van der Waals surface area contributed by atoms with E-state index in [9.17, 15) is 18.0 Å². The van der Waals surface area contributed by atoms with Crippen molar-refractivity contribution in [2.45, 2.75) is 50.0 Å². The average molecular weight is 336 g/mol. The van der Waals surface area contributed by atoms with Crippen LogP contribution in [0.25, 0.3) is 0 Å². The zero-order valence-corrected chi connectivity index (χ0v) is 13.3. The molecule has 1 aromatic rings. The number of carbonyl (C=O) groups is 1. The summed E-state index contributed by atoms with van der Waals surface area (Å²) in [5.41, 5.74) is 0. The lowest BCUT2D eigenvalue weighted by molar-refractivity contribution is -0.147. The van der Waals surface area contributed by atoms with Crippen LogP contribution in [0, 0.1) is 5.92 Å². The molecule has 1 saturated carbocycles. The second kappa shape index (κ2) is 6.89. The van der Waals surface area contributed by atoms with E-state index < -0.39 is 12.0 Å². The minimum atomic E-state index is -4.54. The van der Waals surface area contributed by atoms with Crippen LogP contribution < -0.4 is 5.32 Å². The van der Waals surface area contributed by atoms with Gasteiger partial charge in [-0.25, -0.2) is 0 Å². The highest BCUT2D eigenvalue weighted by Crippen LogP contribution is 2.29. The van der Waals surface area contributed by atoms with E-state index in [1.807, 2.05) is 0 Å². The number of hydrogen-bond acceptors (Lipinski definition) is 4. The van der Waals surface area contributed by atoms with Gasteiger partial charge in [-0.2, -0.15) is 13.2 Å². The van der Waals surface area contributed by atoms with Crippen molar-refractivity contribution < 1.29 is 18.0 Å². The number of aromatic nitrogens is 3. The fourth-order valence-electron chi connectivity index (χ4n) is 2.60. The van der Waals surface area contributed by atoms with Crippen LogP contribution in [0.5, 0.6) is 0 Å². The van der Waals surface area contributed by atoms with Gasteiger partial charge in [-0.1, -0.05) is 31.5 Å². The van der Waals surface area contributed by atoms with Crippen LogP contribution in [0.4, 0.5) is 13.2 Å². The van der Waals surface area contributed by atoms with Gasteiger partial charge in [-0.15, -0.1) is 10.2 Å². The van der Waals surface area contributed by atoms with E-state index in [1.54, 1.807) is 0 Å². The standard InChI is InChI=1S/C13H19F3N4OS/c1-8-5-3-4-6-9(8)17-10(21)7-22-12-19-18-11(20(12)2)13(14,15)16/h8-9H,3-7H2,1-2H3,(H,17,21). The van der Waals surface area contributed by atoms with E-state index in [4.69, 9.17) is 0 Å². The zero-order chi connectivity index (χ0) is 16.3. The Morgan fingerprint density at radius 1 is 1.36 bits per heavy atom. The van der Waals surface area contributed by atoms with Crippen molar-refractivity contribution in [3.05, 3.63) is 5.82 Å². The SMILES string of the molecule is CC1CCCCC1NC(=O)CSc1nnc(C(F)(F)F)n1C. The molecule has 0 saturated heterocycles. The molecule has 0 spiro atoms. The highest BCUT2D eigenvalue weighted by atomic mass is 32.2. The Hall–Kier alpha value is -1.25. The molecule has 5 nitrogen and oxygen atoms in total. The van der Waals surface area contributed by atoms with E-state index in [0.29, 0.717) is 5.92 Å². The number of carbonyl (C=O) groups excluding carboxylic acids is 1. The molecule has 1 amide bonds. The van der Waals surface area contributed by atoms with Crippen LogP contribution in [-0.2, 0) is 18.0 Å². The van der Waals surface area contributed by atoms with Crippen molar-refractivity contribution in [3.8, 4) is 0 Å². The van der Waals surface area contributed by atoms with Gasteiger partial charge in [0.05, 0.1) is 5.75 Å². The second-order valence-electron chi connectivity index (χ2n) is 5.59. The number of thioether (sulfide) groups is 1. The van der Waals surface area contributed by atoms with E-state index in [1.165, 1.54) is 13.5 Å². The largest absolute Gasteiger partial charge is 0.451 e. The maximum absolute atomic E-state index is 12.6. The molecule has 22 heavy (non-hydrogen) atoms. The molecule has 2 rings (SSSR count). The minimum Gasteiger partial charge on any atom is -0.352 e. The van der Waals surface area contributed by atoms with Gasteiger partial charge in [0, 0.05) is 13.1 Å². The maximum atomic E-state index is 12.6. The first kappa shape index (κ1) is 17.1. The number of halogens is 3. The summed E-state index contributed by atoms with van der Waals surface area (Å²) in [6, 6.07) is 0.159. The molecule has 2 atom stereocenters. The lowest BCUT2D eigenvalue weighted by Gasteiger charge is -2.29. The third kappa shape index (κ3) is 4.15. The summed E-state index contributed by atoms with van der Waals surface area (Å²) >= 11 is 0.959. The lowest BCUT2D eigenvalue weighted by atomic mass is 9.86. The number of hydrogen-bond donors (Lipinski definition) is 1. The molecule has 1 heterocycles. The summed E-state index contributed by atoms with van der Waals surface area (Å²) in [5.74, 6) is -0.765. The van der Waals surface area contributed by atoms with E-state index >= 15 is 0 Å². The number of nitrogens with one attached hydrogen (secondary N) is 1. The van der Waals surface area contributed by atoms with Crippen LogP contribution in [0.1, 0.15) is 38.4 Å². The van der Waals surface area contributed by atoms with Crippen LogP contribution >= 0.6 is 11.8 Å². The Kier molecular flexibility index (Phi) is 5.36. The van der Waals surface area contributed by atoms with Crippen LogP contribution in [0.15, 0.2) is 5.16 Å². The van der Waals surface area contributed by atoms with Crippen LogP contribution in [-0.4, -0.2) is 32.5 Å². The maximum Gasteiger partial charge on any atom is 0.451 e. The van der Waals surface area contributed by atoms with Gasteiger partial charge in [0.25, 0.3) is 0 Å². The first-order chi connectivity index (χ1) is 10.3. The highest BCUT2D eigenvalue weighted by molar-refractivity contribution is 7.99. The molecule has 1 aliphatic carbocycles. The summed E-state index contributed by atoms with van der Waals surface area (Å²) in [6.07, 6.45) is -0.210. The van der Waals surface area contributed by atoms with E-state index in [-0.39, 0.29) is 22.9 Å². The average Bonchev–Trinajstić information content (AvgIpc) is 2.80. The minimum absolute atomic E-state index is 0.0348. The number of alkyl halides is 3. The van der Waals surface area contributed by atoms with Gasteiger partial charge in [-0.05, 0) is 18.8 Å². The molecule has 0 radical (unpaired) electrons. The molecule has 2 unspecified atom stereocenters. The predicted octanol–water partition coefficient (Wildman–Crippen LogP) is 2.62. The molecule has 0 bridgehead atoms. The van der Waals surface area contributed by atoms with Crippen molar-refractivity contribution in [1.29, 1.82) is 0 Å². The predicted molar refractivity (Wildman–Crippen MR) is 76.3 cm³/mol.